The fraction of sp³-hybridized carbons (Fsp3) is 0.250. The summed E-state index contributed by atoms with van der Waals surface area (Å²) in [4.78, 5) is 36.1. The number of methoxy groups -OCH3 is 3. The SMILES string of the molecule is COC(=O)c1cc(NC(=O)[C@@H](C)NS(=O)(=O)c2ccc(OC)c(Cl)c2)cc(C(=O)OC)c1. The van der Waals surface area contributed by atoms with Crippen LogP contribution in [0.4, 0.5) is 5.69 Å². The van der Waals surface area contributed by atoms with Crippen molar-refractivity contribution >= 4 is 45.2 Å². The van der Waals surface area contributed by atoms with Gasteiger partial charge in [0, 0.05) is 5.69 Å². The smallest absolute Gasteiger partial charge is 0.337 e. The number of carbonyl (C=O) groups excluding carboxylic acids is 3. The molecule has 1 amide bonds. The molecule has 0 bridgehead atoms. The van der Waals surface area contributed by atoms with Crippen molar-refractivity contribution in [2.45, 2.75) is 17.9 Å². The summed E-state index contributed by atoms with van der Waals surface area (Å²) < 4.78 is 41.7. The number of hydrogen-bond acceptors (Lipinski definition) is 8. The van der Waals surface area contributed by atoms with Gasteiger partial charge in [0.15, 0.2) is 0 Å². The summed E-state index contributed by atoms with van der Waals surface area (Å²) in [5.74, 6) is -1.93. The van der Waals surface area contributed by atoms with E-state index in [2.05, 4.69) is 19.5 Å². The number of ether oxygens (including phenoxy) is 3. The quantitative estimate of drug-likeness (QED) is 0.544. The first-order valence-electron chi connectivity index (χ1n) is 9.00. The van der Waals surface area contributed by atoms with E-state index < -0.39 is 33.9 Å². The normalized spacial score (nSPS) is 11.9. The number of sulfonamides is 1. The predicted octanol–water partition coefficient (Wildman–Crippen LogP) is 2.23. The van der Waals surface area contributed by atoms with Gasteiger partial charge in [-0.25, -0.2) is 18.0 Å². The van der Waals surface area contributed by atoms with Gasteiger partial charge >= 0.3 is 11.9 Å². The zero-order chi connectivity index (χ0) is 24.1. The van der Waals surface area contributed by atoms with E-state index in [9.17, 15) is 22.8 Å². The van der Waals surface area contributed by atoms with Crippen LogP contribution in [0.5, 0.6) is 5.75 Å². The Balaban J connectivity index is 2.23. The molecular weight excluding hydrogens is 464 g/mol. The van der Waals surface area contributed by atoms with E-state index in [-0.39, 0.29) is 26.7 Å². The Morgan fingerprint density at radius 2 is 1.50 bits per heavy atom. The molecule has 2 N–H and O–H groups in total. The van der Waals surface area contributed by atoms with Crippen molar-refractivity contribution in [3.05, 3.63) is 52.5 Å². The molecule has 0 aliphatic rings. The van der Waals surface area contributed by atoms with Crippen molar-refractivity contribution < 1.29 is 37.0 Å². The number of anilines is 1. The summed E-state index contributed by atoms with van der Waals surface area (Å²) in [5.41, 5.74) is 0.0513. The number of rotatable bonds is 8. The van der Waals surface area contributed by atoms with Gasteiger partial charge in [-0.2, -0.15) is 4.72 Å². The maximum Gasteiger partial charge on any atom is 0.337 e. The Kier molecular flexibility index (Phi) is 8.19. The van der Waals surface area contributed by atoms with Crippen LogP contribution >= 0.6 is 11.6 Å². The van der Waals surface area contributed by atoms with Crippen molar-refractivity contribution in [1.82, 2.24) is 4.72 Å². The van der Waals surface area contributed by atoms with E-state index in [1.54, 1.807) is 0 Å². The molecule has 0 radical (unpaired) electrons. The van der Waals surface area contributed by atoms with Crippen LogP contribution in [0.25, 0.3) is 0 Å². The fourth-order valence-corrected chi connectivity index (χ4v) is 4.14. The summed E-state index contributed by atoms with van der Waals surface area (Å²) in [6.45, 7) is 1.32. The average molecular weight is 485 g/mol. The van der Waals surface area contributed by atoms with E-state index in [0.717, 1.165) is 14.2 Å². The number of halogens is 1. The lowest BCUT2D eigenvalue weighted by molar-refractivity contribution is -0.117. The van der Waals surface area contributed by atoms with E-state index >= 15 is 0 Å². The number of benzene rings is 2. The molecule has 2 aromatic rings. The van der Waals surface area contributed by atoms with Crippen LogP contribution in [0.3, 0.4) is 0 Å². The first kappa shape index (κ1) is 25.1. The highest BCUT2D eigenvalue weighted by atomic mass is 35.5. The van der Waals surface area contributed by atoms with Gasteiger partial charge in [-0.05, 0) is 43.3 Å². The van der Waals surface area contributed by atoms with Crippen LogP contribution in [-0.4, -0.2) is 53.6 Å². The third-order valence-corrected chi connectivity index (χ3v) is 6.04. The molecule has 172 valence electrons. The van der Waals surface area contributed by atoms with Crippen molar-refractivity contribution in [2.75, 3.05) is 26.6 Å². The molecule has 0 aromatic heterocycles. The van der Waals surface area contributed by atoms with Crippen LogP contribution < -0.4 is 14.8 Å². The highest BCUT2D eigenvalue weighted by molar-refractivity contribution is 7.89. The number of hydrogen-bond donors (Lipinski definition) is 2. The molecular formula is C20H21ClN2O8S. The molecule has 12 heteroatoms. The number of esters is 2. The number of carbonyl (C=O) groups is 3. The second kappa shape index (κ2) is 10.4. The highest BCUT2D eigenvalue weighted by Crippen LogP contribution is 2.27. The Hall–Kier alpha value is -3.15. The molecule has 1 atom stereocenters. The van der Waals surface area contributed by atoms with Crippen LogP contribution in [-0.2, 0) is 24.3 Å². The Labute approximate surface area is 189 Å². The summed E-state index contributed by atoms with van der Waals surface area (Å²) in [7, 11) is -0.384. The molecule has 0 saturated carbocycles. The first-order chi connectivity index (χ1) is 15.0. The Morgan fingerprint density at radius 1 is 0.938 bits per heavy atom. The zero-order valence-electron chi connectivity index (χ0n) is 17.6. The van der Waals surface area contributed by atoms with Crippen LogP contribution in [0.15, 0.2) is 41.3 Å². The van der Waals surface area contributed by atoms with Gasteiger partial charge in [0.2, 0.25) is 15.9 Å². The van der Waals surface area contributed by atoms with Gasteiger partial charge < -0.3 is 19.5 Å². The minimum atomic E-state index is -4.09. The Bertz CT molecular complexity index is 1120. The molecule has 0 aliphatic carbocycles. The molecule has 0 fully saturated rings. The topological polar surface area (TPSA) is 137 Å². The van der Waals surface area contributed by atoms with E-state index in [1.807, 2.05) is 0 Å². The summed E-state index contributed by atoms with van der Waals surface area (Å²) in [5, 5.41) is 2.54. The lowest BCUT2D eigenvalue weighted by Gasteiger charge is -2.16. The average Bonchev–Trinajstić information content (AvgIpc) is 2.77. The molecule has 0 heterocycles. The predicted molar refractivity (Wildman–Crippen MR) is 116 cm³/mol. The third-order valence-electron chi connectivity index (χ3n) is 4.20. The second-order valence-electron chi connectivity index (χ2n) is 6.41. The Morgan fingerprint density at radius 3 is 1.97 bits per heavy atom. The van der Waals surface area contributed by atoms with Crippen molar-refractivity contribution in [3.8, 4) is 5.75 Å². The summed E-state index contributed by atoms with van der Waals surface area (Å²) >= 11 is 5.97. The number of amides is 1. The monoisotopic (exact) mass is 484 g/mol. The van der Waals surface area contributed by atoms with Gasteiger partial charge in [0.25, 0.3) is 0 Å². The maximum atomic E-state index is 12.6. The van der Waals surface area contributed by atoms with Crippen LogP contribution in [0, 0.1) is 0 Å². The zero-order valence-corrected chi connectivity index (χ0v) is 19.2. The third kappa shape index (κ3) is 5.96. The van der Waals surface area contributed by atoms with E-state index in [4.69, 9.17) is 16.3 Å². The van der Waals surface area contributed by atoms with Gasteiger partial charge in [-0.15, -0.1) is 0 Å². The summed E-state index contributed by atoms with van der Waals surface area (Å²) in [6.07, 6.45) is 0. The molecule has 10 nitrogen and oxygen atoms in total. The summed E-state index contributed by atoms with van der Waals surface area (Å²) in [6, 6.07) is 6.43. The first-order valence-corrected chi connectivity index (χ1v) is 10.9. The largest absolute Gasteiger partial charge is 0.495 e. The van der Waals surface area contributed by atoms with Crippen LogP contribution in [0.1, 0.15) is 27.6 Å². The molecule has 0 saturated heterocycles. The number of nitrogens with one attached hydrogen (secondary N) is 2. The van der Waals surface area contributed by atoms with E-state index in [1.165, 1.54) is 50.4 Å². The minimum Gasteiger partial charge on any atom is -0.495 e. The molecule has 0 spiro atoms. The lowest BCUT2D eigenvalue weighted by atomic mass is 10.1. The molecule has 2 aromatic carbocycles. The molecule has 2 rings (SSSR count). The lowest BCUT2D eigenvalue weighted by Crippen LogP contribution is -2.41. The van der Waals surface area contributed by atoms with Crippen molar-refractivity contribution in [3.63, 3.8) is 0 Å². The van der Waals surface area contributed by atoms with Crippen molar-refractivity contribution in [2.24, 2.45) is 0 Å². The second-order valence-corrected chi connectivity index (χ2v) is 8.53. The minimum absolute atomic E-state index is 0.00758. The van der Waals surface area contributed by atoms with Gasteiger partial charge in [-0.3, -0.25) is 4.79 Å². The van der Waals surface area contributed by atoms with Crippen molar-refractivity contribution in [1.29, 1.82) is 0 Å². The highest BCUT2D eigenvalue weighted by Gasteiger charge is 2.24. The standard InChI is InChI=1S/C20H21ClN2O8S/c1-11(23-32(27,28)15-5-6-17(29-2)16(21)10-15)18(24)22-14-8-12(19(25)30-3)7-13(9-14)20(26)31-4/h5-11,23H,1-4H3,(H,22,24)/t11-/m1/s1. The molecule has 32 heavy (non-hydrogen) atoms. The fourth-order valence-electron chi connectivity index (χ4n) is 2.59. The van der Waals surface area contributed by atoms with Gasteiger partial charge in [0.05, 0.1) is 48.4 Å². The van der Waals surface area contributed by atoms with Gasteiger partial charge in [-0.1, -0.05) is 11.6 Å². The molecule has 0 unspecified atom stereocenters. The van der Waals surface area contributed by atoms with Gasteiger partial charge in [0.1, 0.15) is 5.75 Å². The molecule has 0 aliphatic heterocycles. The van der Waals surface area contributed by atoms with E-state index in [0.29, 0.717) is 5.75 Å². The van der Waals surface area contributed by atoms with Crippen LogP contribution in [0.2, 0.25) is 5.02 Å². The maximum absolute atomic E-state index is 12.6.